The molecule has 1 heterocycles. The van der Waals surface area contributed by atoms with E-state index in [1.54, 1.807) is 0 Å². The average Bonchev–Trinajstić information content (AvgIpc) is 2.47. The number of pyridine rings is 1. The number of aryl methyl sites for hydroxylation is 1. The SMILES string of the molecule is CCCCc1ccc(NC(=O)c2ccncc2F)cc1. The zero-order valence-electron chi connectivity index (χ0n) is 11.4. The Morgan fingerprint density at radius 2 is 2.00 bits per heavy atom. The Labute approximate surface area is 117 Å². The molecule has 20 heavy (non-hydrogen) atoms. The summed E-state index contributed by atoms with van der Waals surface area (Å²) in [5.41, 5.74) is 1.89. The summed E-state index contributed by atoms with van der Waals surface area (Å²) in [5.74, 6) is -1.09. The topological polar surface area (TPSA) is 42.0 Å². The molecule has 4 heteroatoms. The van der Waals surface area contributed by atoms with Gasteiger partial charge in [-0.15, -0.1) is 0 Å². The number of benzene rings is 1. The number of carbonyl (C=O) groups is 1. The third-order valence-electron chi connectivity index (χ3n) is 3.05. The predicted molar refractivity (Wildman–Crippen MR) is 77.2 cm³/mol. The van der Waals surface area contributed by atoms with Gasteiger partial charge < -0.3 is 5.32 Å². The van der Waals surface area contributed by atoms with Crippen LogP contribution in [-0.2, 0) is 6.42 Å². The molecule has 0 saturated heterocycles. The van der Waals surface area contributed by atoms with Gasteiger partial charge in [-0.3, -0.25) is 9.78 Å². The van der Waals surface area contributed by atoms with Crippen molar-refractivity contribution in [2.24, 2.45) is 0 Å². The third kappa shape index (κ3) is 3.63. The van der Waals surface area contributed by atoms with Gasteiger partial charge in [0.05, 0.1) is 11.8 Å². The molecule has 0 aliphatic carbocycles. The first-order valence-electron chi connectivity index (χ1n) is 6.70. The van der Waals surface area contributed by atoms with E-state index in [1.165, 1.54) is 17.8 Å². The van der Waals surface area contributed by atoms with Crippen LogP contribution in [0, 0.1) is 5.82 Å². The molecule has 1 amide bonds. The summed E-state index contributed by atoms with van der Waals surface area (Å²) in [4.78, 5) is 15.5. The van der Waals surface area contributed by atoms with Gasteiger partial charge in [0.1, 0.15) is 0 Å². The summed E-state index contributed by atoms with van der Waals surface area (Å²) in [6.07, 6.45) is 5.76. The normalized spacial score (nSPS) is 10.3. The largest absolute Gasteiger partial charge is 0.322 e. The minimum atomic E-state index is -0.621. The van der Waals surface area contributed by atoms with Crippen LogP contribution in [0.25, 0.3) is 0 Å². The van der Waals surface area contributed by atoms with Crippen LogP contribution in [0.5, 0.6) is 0 Å². The number of nitrogens with one attached hydrogen (secondary N) is 1. The molecule has 1 aromatic heterocycles. The van der Waals surface area contributed by atoms with E-state index in [0.29, 0.717) is 5.69 Å². The molecule has 0 aliphatic rings. The summed E-state index contributed by atoms with van der Waals surface area (Å²) in [7, 11) is 0. The maximum atomic E-state index is 13.4. The second-order valence-corrected chi connectivity index (χ2v) is 4.61. The Morgan fingerprint density at radius 1 is 1.25 bits per heavy atom. The van der Waals surface area contributed by atoms with Crippen molar-refractivity contribution in [1.29, 1.82) is 0 Å². The Bertz CT molecular complexity index is 581. The Balaban J connectivity index is 2.03. The molecule has 0 bridgehead atoms. The highest BCUT2D eigenvalue weighted by molar-refractivity contribution is 6.04. The van der Waals surface area contributed by atoms with Crippen LogP contribution in [0.2, 0.25) is 0 Å². The zero-order chi connectivity index (χ0) is 14.4. The van der Waals surface area contributed by atoms with E-state index in [1.807, 2.05) is 24.3 Å². The van der Waals surface area contributed by atoms with Gasteiger partial charge in [-0.25, -0.2) is 4.39 Å². The summed E-state index contributed by atoms with van der Waals surface area (Å²) >= 11 is 0. The second kappa shape index (κ2) is 6.80. The maximum absolute atomic E-state index is 13.4. The first-order valence-corrected chi connectivity index (χ1v) is 6.70. The molecule has 2 aromatic rings. The number of hydrogen-bond donors (Lipinski definition) is 1. The average molecular weight is 272 g/mol. The minimum Gasteiger partial charge on any atom is -0.322 e. The Kier molecular flexibility index (Phi) is 4.82. The lowest BCUT2D eigenvalue weighted by molar-refractivity contribution is 0.102. The molecule has 1 aromatic carbocycles. The number of hydrogen-bond acceptors (Lipinski definition) is 2. The monoisotopic (exact) mass is 272 g/mol. The zero-order valence-corrected chi connectivity index (χ0v) is 11.4. The molecule has 0 atom stereocenters. The van der Waals surface area contributed by atoms with Crippen molar-refractivity contribution in [2.75, 3.05) is 5.32 Å². The van der Waals surface area contributed by atoms with E-state index in [-0.39, 0.29) is 5.56 Å². The van der Waals surface area contributed by atoms with Gasteiger partial charge in [-0.2, -0.15) is 0 Å². The van der Waals surface area contributed by atoms with Crippen molar-refractivity contribution >= 4 is 11.6 Å². The van der Waals surface area contributed by atoms with E-state index in [2.05, 4.69) is 17.2 Å². The number of halogens is 1. The lowest BCUT2D eigenvalue weighted by atomic mass is 10.1. The summed E-state index contributed by atoms with van der Waals surface area (Å²) in [6.45, 7) is 2.15. The number of nitrogens with zero attached hydrogens (tertiary/aromatic N) is 1. The van der Waals surface area contributed by atoms with Gasteiger partial charge in [0.15, 0.2) is 5.82 Å². The molecule has 0 unspecified atom stereocenters. The molecule has 0 fully saturated rings. The van der Waals surface area contributed by atoms with E-state index >= 15 is 0 Å². The molecule has 2 rings (SSSR count). The van der Waals surface area contributed by atoms with E-state index in [0.717, 1.165) is 25.5 Å². The summed E-state index contributed by atoms with van der Waals surface area (Å²) in [5, 5.41) is 2.68. The molecule has 0 radical (unpaired) electrons. The van der Waals surface area contributed by atoms with Crippen molar-refractivity contribution in [1.82, 2.24) is 4.98 Å². The van der Waals surface area contributed by atoms with Crippen molar-refractivity contribution in [3.8, 4) is 0 Å². The highest BCUT2D eigenvalue weighted by Gasteiger charge is 2.11. The molecule has 1 N–H and O–H groups in total. The second-order valence-electron chi connectivity index (χ2n) is 4.61. The van der Waals surface area contributed by atoms with Gasteiger partial charge in [-0.1, -0.05) is 25.5 Å². The first kappa shape index (κ1) is 14.2. The van der Waals surface area contributed by atoms with Gasteiger partial charge in [0.2, 0.25) is 0 Å². The molecule has 0 spiro atoms. The molecular weight excluding hydrogens is 255 g/mol. The third-order valence-corrected chi connectivity index (χ3v) is 3.05. The fourth-order valence-electron chi connectivity index (χ4n) is 1.89. The molecule has 104 valence electrons. The van der Waals surface area contributed by atoms with Crippen LogP contribution in [-0.4, -0.2) is 10.9 Å². The van der Waals surface area contributed by atoms with E-state index < -0.39 is 11.7 Å². The highest BCUT2D eigenvalue weighted by atomic mass is 19.1. The van der Waals surface area contributed by atoms with Gasteiger partial charge in [-0.05, 0) is 36.6 Å². The van der Waals surface area contributed by atoms with Crippen LogP contribution in [0.1, 0.15) is 35.7 Å². The fraction of sp³-hybridized carbons (Fsp3) is 0.250. The number of unbranched alkanes of at least 4 members (excludes halogenated alkanes) is 1. The van der Waals surface area contributed by atoms with Crippen molar-refractivity contribution in [3.05, 3.63) is 59.7 Å². The van der Waals surface area contributed by atoms with Gasteiger partial charge >= 0.3 is 0 Å². The smallest absolute Gasteiger partial charge is 0.258 e. The fourth-order valence-corrected chi connectivity index (χ4v) is 1.89. The summed E-state index contributed by atoms with van der Waals surface area (Å²) < 4.78 is 13.4. The summed E-state index contributed by atoms with van der Waals surface area (Å²) in [6, 6.07) is 8.99. The number of anilines is 1. The standard InChI is InChI=1S/C16H17FN2O/c1-2-3-4-12-5-7-13(8-6-12)19-16(20)14-9-10-18-11-15(14)17/h5-11H,2-4H2,1H3,(H,19,20). The lowest BCUT2D eigenvalue weighted by Crippen LogP contribution is -2.13. The molecule has 3 nitrogen and oxygen atoms in total. The highest BCUT2D eigenvalue weighted by Crippen LogP contribution is 2.14. The van der Waals surface area contributed by atoms with Crippen molar-refractivity contribution < 1.29 is 9.18 Å². The number of rotatable bonds is 5. The van der Waals surface area contributed by atoms with Crippen LogP contribution in [0.3, 0.4) is 0 Å². The van der Waals surface area contributed by atoms with Gasteiger partial charge in [0, 0.05) is 11.9 Å². The van der Waals surface area contributed by atoms with Crippen molar-refractivity contribution in [3.63, 3.8) is 0 Å². The van der Waals surface area contributed by atoms with Crippen molar-refractivity contribution in [2.45, 2.75) is 26.2 Å². The van der Waals surface area contributed by atoms with Crippen LogP contribution >= 0.6 is 0 Å². The van der Waals surface area contributed by atoms with Crippen LogP contribution in [0.15, 0.2) is 42.7 Å². The quantitative estimate of drug-likeness (QED) is 0.899. The molecule has 0 saturated carbocycles. The van der Waals surface area contributed by atoms with E-state index in [9.17, 15) is 9.18 Å². The van der Waals surface area contributed by atoms with Crippen LogP contribution in [0.4, 0.5) is 10.1 Å². The Morgan fingerprint density at radius 3 is 2.65 bits per heavy atom. The minimum absolute atomic E-state index is 0.00457. The lowest BCUT2D eigenvalue weighted by Gasteiger charge is -2.07. The number of aromatic nitrogens is 1. The maximum Gasteiger partial charge on any atom is 0.258 e. The molecule has 0 aliphatic heterocycles. The number of carbonyl (C=O) groups excluding carboxylic acids is 1. The number of amides is 1. The van der Waals surface area contributed by atoms with Crippen LogP contribution < -0.4 is 5.32 Å². The van der Waals surface area contributed by atoms with Gasteiger partial charge in [0.25, 0.3) is 5.91 Å². The molecular formula is C16H17FN2O. The first-order chi connectivity index (χ1) is 9.70. The Hall–Kier alpha value is -2.23. The predicted octanol–water partition coefficient (Wildman–Crippen LogP) is 3.82. The van der Waals surface area contributed by atoms with E-state index in [4.69, 9.17) is 0 Å².